The number of aromatic nitrogens is 1. The predicted molar refractivity (Wildman–Crippen MR) is 76.3 cm³/mol. The van der Waals surface area contributed by atoms with Gasteiger partial charge >= 0.3 is 0 Å². The minimum atomic E-state index is 0.726. The molecular weight excluding hydrogens is 224 g/mol. The Morgan fingerprint density at radius 3 is 2.72 bits per heavy atom. The zero-order valence-electron chi connectivity index (χ0n) is 11.7. The zero-order valence-corrected chi connectivity index (χ0v) is 11.7. The fraction of sp³-hybridized carbons (Fsp3) is 0.467. The number of likely N-dealkylation sites (N-methyl/N-ethyl adjacent to an activating group) is 1. The topological polar surface area (TPSA) is 17.4 Å². The van der Waals surface area contributed by atoms with Gasteiger partial charge in [-0.05, 0) is 38.2 Å². The van der Waals surface area contributed by atoms with E-state index in [0.29, 0.717) is 0 Å². The van der Waals surface area contributed by atoms with Crippen molar-refractivity contribution in [3.8, 4) is 5.75 Å². The van der Waals surface area contributed by atoms with Gasteiger partial charge in [0, 0.05) is 31.2 Å². The minimum absolute atomic E-state index is 0.726. The average molecular weight is 246 g/mol. The molecule has 3 nitrogen and oxygen atoms in total. The SMILES string of the molecule is CCc1cn(C)c2cc(OCCN(C)C)ccc12. The molecule has 0 amide bonds. The third-order valence-electron chi connectivity index (χ3n) is 3.23. The summed E-state index contributed by atoms with van der Waals surface area (Å²) in [5.41, 5.74) is 2.64. The summed E-state index contributed by atoms with van der Waals surface area (Å²) in [5, 5.41) is 1.33. The van der Waals surface area contributed by atoms with Crippen molar-refractivity contribution in [3.05, 3.63) is 30.0 Å². The van der Waals surface area contributed by atoms with Crippen LogP contribution in [0.5, 0.6) is 5.75 Å². The van der Waals surface area contributed by atoms with E-state index in [1.807, 2.05) is 0 Å². The molecule has 3 heteroatoms. The summed E-state index contributed by atoms with van der Waals surface area (Å²) in [5.74, 6) is 0.952. The van der Waals surface area contributed by atoms with Crippen molar-refractivity contribution >= 4 is 10.9 Å². The van der Waals surface area contributed by atoms with Gasteiger partial charge in [-0.3, -0.25) is 0 Å². The molecule has 0 atom stereocenters. The summed E-state index contributed by atoms with van der Waals surface area (Å²) in [6.45, 7) is 3.85. The quantitative estimate of drug-likeness (QED) is 0.807. The molecular formula is C15H22N2O. The van der Waals surface area contributed by atoms with E-state index in [2.05, 4.69) is 61.9 Å². The molecule has 2 rings (SSSR count). The molecule has 0 aliphatic rings. The molecule has 0 unspecified atom stereocenters. The van der Waals surface area contributed by atoms with Gasteiger partial charge in [-0.25, -0.2) is 0 Å². The molecule has 2 aromatic rings. The van der Waals surface area contributed by atoms with Crippen molar-refractivity contribution < 1.29 is 4.74 Å². The summed E-state index contributed by atoms with van der Waals surface area (Å²) in [6, 6.07) is 6.36. The fourth-order valence-corrected chi connectivity index (χ4v) is 2.17. The average Bonchev–Trinajstić information content (AvgIpc) is 2.66. The van der Waals surface area contributed by atoms with Crippen LogP contribution in [0.25, 0.3) is 10.9 Å². The molecule has 0 saturated heterocycles. The van der Waals surface area contributed by atoms with Crippen LogP contribution in [0.2, 0.25) is 0 Å². The molecule has 0 fully saturated rings. The summed E-state index contributed by atoms with van der Waals surface area (Å²) in [4.78, 5) is 2.12. The second-order valence-corrected chi connectivity index (χ2v) is 4.95. The minimum Gasteiger partial charge on any atom is -0.492 e. The van der Waals surface area contributed by atoms with Crippen molar-refractivity contribution in [1.29, 1.82) is 0 Å². The molecule has 1 heterocycles. The number of nitrogens with zero attached hydrogens (tertiary/aromatic N) is 2. The maximum absolute atomic E-state index is 5.77. The molecule has 0 spiro atoms. The number of fused-ring (bicyclic) bond motifs is 1. The van der Waals surface area contributed by atoms with E-state index >= 15 is 0 Å². The molecule has 1 aromatic carbocycles. The van der Waals surface area contributed by atoms with E-state index in [1.165, 1.54) is 16.5 Å². The van der Waals surface area contributed by atoms with E-state index in [0.717, 1.165) is 25.3 Å². The van der Waals surface area contributed by atoms with Gasteiger partial charge in [0.25, 0.3) is 0 Å². The van der Waals surface area contributed by atoms with E-state index < -0.39 is 0 Å². The highest BCUT2D eigenvalue weighted by atomic mass is 16.5. The third-order valence-corrected chi connectivity index (χ3v) is 3.23. The first-order valence-electron chi connectivity index (χ1n) is 6.47. The monoisotopic (exact) mass is 246 g/mol. The third kappa shape index (κ3) is 2.67. The van der Waals surface area contributed by atoms with E-state index in [9.17, 15) is 0 Å². The van der Waals surface area contributed by atoms with Gasteiger partial charge in [0.15, 0.2) is 0 Å². The summed E-state index contributed by atoms with van der Waals surface area (Å²) in [6.07, 6.45) is 3.27. The molecule has 0 aliphatic heterocycles. The Bertz CT molecular complexity index is 529. The lowest BCUT2D eigenvalue weighted by Crippen LogP contribution is -2.19. The Kier molecular flexibility index (Phi) is 3.92. The summed E-state index contributed by atoms with van der Waals surface area (Å²) >= 11 is 0. The highest BCUT2D eigenvalue weighted by molar-refractivity contribution is 5.85. The van der Waals surface area contributed by atoms with Crippen molar-refractivity contribution in [2.75, 3.05) is 27.2 Å². The van der Waals surface area contributed by atoms with Crippen LogP contribution in [0.15, 0.2) is 24.4 Å². The number of rotatable bonds is 5. The lowest BCUT2D eigenvalue weighted by atomic mass is 10.1. The molecule has 98 valence electrons. The smallest absolute Gasteiger partial charge is 0.121 e. The first-order valence-corrected chi connectivity index (χ1v) is 6.47. The molecule has 0 aliphatic carbocycles. The van der Waals surface area contributed by atoms with Gasteiger partial charge in [0.1, 0.15) is 12.4 Å². The van der Waals surface area contributed by atoms with Crippen LogP contribution in [-0.2, 0) is 13.5 Å². The Morgan fingerprint density at radius 2 is 2.06 bits per heavy atom. The molecule has 0 saturated carbocycles. The van der Waals surface area contributed by atoms with Gasteiger partial charge in [-0.15, -0.1) is 0 Å². The van der Waals surface area contributed by atoms with Crippen molar-refractivity contribution in [1.82, 2.24) is 9.47 Å². The van der Waals surface area contributed by atoms with Crippen LogP contribution in [0.1, 0.15) is 12.5 Å². The van der Waals surface area contributed by atoms with Crippen LogP contribution >= 0.6 is 0 Å². The van der Waals surface area contributed by atoms with Gasteiger partial charge in [-0.2, -0.15) is 0 Å². The Morgan fingerprint density at radius 1 is 1.28 bits per heavy atom. The van der Waals surface area contributed by atoms with Gasteiger partial charge in [0.05, 0.1) is 5.52 Å². The highest BCUT2D eigenvalue weighted by Crippen LogP contribution is 2.25. The van der Waals surface area contributed by atoms with Crippen LogP contribution in [0, 0.1) is 0 Å². The molecule has 18 heavy (non-hydrogen) atoms. The summed E-state index contributed by atoms with van der Waals surface area (Å²) in [7, 11) is 6.19. The predicted octanol–water partition coefficient (Wildman–Crippen LogP) is 2.68. The van der Waals surface area contributed by atoms with Gasteiger partial charge < -0.3 is 14.2 Å². The largest absolute Gasteiger partial charge is 0.492 e. The molecule has 1 aromatic heterocycles. The number of benzene rings is 1. The van der Waals surface area contributed by atoms with Crippen LogP contribution in [-0.4, -0.2) is 36.7 Å². The maximum atomic E-state index is 5.77. The number of hydrogen-bond donors (Lipinski definition) is 0. The van der Waals surface area contributed by atoms with Crippen molar-refractivity contribution in [2.24, 2.45) is 7.05 Å². The normalized spacial score (nSPS) is 11.4. The molecule has 0 N–H and O–H groups in total. The van der Waals surface area contributed by atoms with E-state index in [4.69, 9.17) is 4.74 Å². The van der Waals surface area contributed by atoms with Gasteiger partial charge in [-0.1, -0.05) is 6.92 Å². The van der Waals surface area contributed by atoms with Crippen LogP contribution in [0.4, 0.5) is 0 Å². The maximum Gasteiger partial charge on any atom is 0.121 e. The zero-order chi connectivity index (χ0) is 13.1. The fourth-order valence-electron chi connectivity index (χ4n) is 2.17. The lowest BCUT2D eigenvalue weighted by Gasteiger charge is -2.11. The molecule has 0 radical (unpaired) electrons. The van der Waals surface area contributed by atoms with Gasteiger partial charge in [0.2, 0.25) is 0 Å². The Labute approximate surface area is 109 Å². The highest BCUT2D eigenvalue weighted by Gasteiger charge is 2.06. The van der Waals surface area contributed by atoms with Crippen molar-refractivity contribution in [3.63, 3.8) is 0 Å². The van der Waals surface area contributed by atoms with Crippen LogP contribution in [0.3, 0.4) is 0 Å². The van der Waals surface area contributed by atoms with Crippen LogP contribution < -0.4 is 4.74 Å². The number of ether oxygens (including phenoxy) is 1. The van der Waals surface area contributed by atoms with E-state index in [1.54, 1.807) is 0 Å². The Hall–Kier alpha value is -1.48. The molecule has 0 bridgehead atoms. The standard InChI is InChI=1S/C15H22N2O/c1-5-12-11-17(4)15-10-13(6-7-14(12)15)18-9-8-16(2)3/h6-7,10-11H,5,8-9H2,1-4H3. The number of aryl methyl sites for hydroxylation is 2. The first kappa shape index (κ1) is 13.0. The first-order chi connectivity index (χ1) is 8.61. The Balaban J connectivity index is 2.19. The lowest BCUT2D eigenvalue weighted by molar-refractivity contribution is 0.261. The second-order valence-electron chi connectivity index (χ2n) is 4.95. The van der Waals surface area contributed by atoms with Crippen molar-refractivity contribution in [2.45, 2.75) is 13.3 Å². The second kappa shape index (κ2) is 5.44. The number of hydrogen-bond acceptors (Lipinski definition) is 2. The summed E-state index contributed by atoms with van der Waals surface area (Å²) < 4.78 is 7.94. The van der Waals surface area contributed by atoms with E-state index in [-0.39, 0.29) is 0 Å².